The van der Waals surface area contributed by atoms with E-state index < -0.39 is 0 Å². The van der Waals surface area contributed by atoms with E-state index in [1.165, 1.54) is 85.4 Å². The summed E-state index contributed by atoms with van der Waals surface area (Å²) in [5.41, 5.74) is 9.32. The molecule has 266 valence electrons. The normalized spacial score (nSPS) is 11.9. The lowest BCUT2D eigenvalue weighted by Crippen LogP contribution is -2.10. The highest BCUT2D eigenvalue weighted by Gasteiger charge is 2.21. The summed E-state index contributed by atoms with van der Waals surface area (Å²) in [4.78, 5) is 2.46. The molecule has 0 unspecified atom stereocenters. The van der Waals surface area contributed by atoms with E-state index in [4.69, 9.17) is 0 Å². The van der Waals surface area contributed by atoms with Crippen LogP contribution in [0.5, 0.6) is 0 Å². The number of anilines is 3. The van der Waals surface area contributed by atoms with Gasteiger partial charge < -0.3 is 9.47 Å². The third kappa shape index (κ3) is 5.10. The largest absolute Gasteiger partial charge is 0.310 e. The molecule has 0 aliphatic heterocycles. The molecule has 0 N–H and O–H groups in total. The van der Waals surface area contributed by atoms with Crippen LogP contribution < -0.4 is 4.90 Å². The topological polar surface area (TPSA) is 8.17 Å². The second-order valence-corrected chi connectivity index (χ2v) is 16.0. The number of benzene rings is 10. The lowest BCUT2D eigenvalue weighted by Gasteiger charge is -2.27. The van der Waals surface area contributed by atoms with Crippen LogP contribution in [0.1, 0.15) is 0 Å². The Morgan fingerprint density at radius 3 is 1.77 bits per heavy atom. The zero-order chi connectivity index (χ0) is 37.5. The average Bonchev–Trinajstić information content (AvgIpc) is 3.80. The van der Waals surface area contributed by atoms with E-state index in [-0.39, 0.29) is 0 Å². The number of rotatable bonds is 5. The van der Waals surface area contributed by atoms with Crippen molar-refractivity contribution in [3.05, 3.63) is 206 Å². The van der Waals surface area contributed by atoms with Gasteiger partial charge in [-0.2, -0.15) is 0 Å². The fourth-order valence-corrected chi connectivity index (χ4v) is 10.2. The van der Waals surface area contributed by atoms with Gasteiger partial charge in [-0.05, 0) is 98.7 Å². The van der Waals surface area contributed by atoms with Crippen LogP contribution in [0.2, 0.25) is 0 Å². The van der Waals surface area contributed by atoms with Crippen LogP contribution >= 0.6 is 11.3 Å². The zero-order valence-corrected chi connectivity index (χ0v) is 31.7. The number of aromatic nitrogens is 1. The van der Waals surface area contributed by atoms with E-state index in [1.54, 1.807) is 0 Å². The molecule has 2 nitrogen and oxygen atoms in total. The Labute approximate surface area is 333 Å². The summed E-state index contributed by atoms with van der Waals surface area (Å²) in [6.07, 6.45) is 0. The molecule has 0 aliphatic rings. The number of fused-ring (bicyclic) bond motifs is 10. The Balaban J connectivity index is 1.15. The molecule has 12 rings (SSSR count). The summed E-state index contributed by atoms with van der Waals surface area (Å²) in [7, 11) is 0. The summed E-state index contributed by atoms with van der Waals surface area (Å²) >= 11 is 1.88. The lowest BCUT2D eigenvalue weighted by atomic mass is 9.96. The molecule has 0 fully saturated rings. The Hall–Kier alpha value is -7.20. The number of thiophene rings is 1. The van der Waals surface area contributed by atoms with E-state index in [1.807, 2.05) is 11.3 Å². The molecule has 10 aromatic carbocycles. The van der Waals surface area contributed by atoms with E-state index >= 15 is 0 Å². The van der Waals surface area contributed by atoms with E-state index in [0.29, 0.717) is 0 Å². The molecule has 2 heterocycles. The molecule has 57 heavy (non-hydrogen) atoms. The fourth-order valence-electron chi connectivity index (χ4n) is 9.07. The quantitative estimate of drug-likeness (QED) is 0.170. The minimum atomic E-state index is 1.10. The van der Waals surface area contributed by atoms with Crippen molar-refractivity contribution < 1.29 is 0 Å². The lowest BCUT2D eigenvalue weighted by molar-refractivity contribution is 1.18. The second kappa shape index (κ2) is 12.7. The fraction of sp³-hybridized carbons (Fsp3) is 0. The van der Waals surface area contributed by atoms with Crippen LogP contribution in [0.15, 0.2) is 206 Å². The van der Waals surface area contributed by atoms with Crippen LogP contribution in [0.4, 0.5) is 17.1 Å². The van der Waals surface area contributed by atoms with Crippen molar-refractivity contribution in [2.45, 2.75) is 0 Å². The van der Waals surface area contributed by atoms with Crippen LogP contribution in [-0.2, 0) is 0 Å². The van der Waals surface area contributed by atoms with Crippen molar-refractivity contribution in [3.63, 3.8) is 0 Å². The van der Waals surface area contributed by atoms with E-state index in [0.717, 1.165) is 22.7 Å². The molecule has 0 saturated carbocycles. The molecule has 0 amide bonds. The van der Waals surface area contributed by atoms with Gasteiger partial charge in [0.15, 0.2) is 0 Å². The number of para-hydroxylation sites is 1. The molecule has 3 heteroatoms. The highest BCUT2D eigenvalue weighted by atomic mass is 32.1. The average molecular weight is 743 g/mol. The van der Waals surface area contributed by atoms with Crippen LogP contribution in [0.3, 0.4) is 0 Å². The van der Waals surface area contributed by atoms with Crippen LogP contribution in [-0.4, -0.2) is 4.57 Å². The number of hydrogen-bond acceptors (Lipinski definition) is 2. The maximum absolute atomic E-state index is 2.46. The van der Waals surface area contributed by atoms with Gasteiger partial charge in [0.25, 0.3) is 0 Å². The maximum Gasteiger partial charge on any atom is 0.0619 e. The van der Waals surface area contributed by atoms with E-state index in [9.17, 15) is 0 Å². The van der Waals surface area contributed by atoms with Gasteiger partial charge in [-0.1, -0.05) is 146 Å². The van der Waals surface area contributed by atoms with Crippen LogP contribution in [0.25, 0.3) is 91.1 Å². The van der Waals surface area contributed by atoms with Gasteiger partial charge in [0.05, 0.1) is 11.0 Å². The van der Waals surface area contributed by atoms with Crippen molar-refractivity contribution in [2.75, 3.05) is 4.90 Å². The first-order chi connectivity index (χ1) is 28.2. The smallest absolute Gasteiger partial charge is 0.0619 e. The van der Waals surface area contributed by atoms with E-state index in [2.05, 4.69) is 216 Å². The summed E-state index contributed by atoms with van der Waals surface area (Å²) in [5, 5.41) is 12.6. The SMILES string of the molecule is c1ccc(-c2cc(N(c3ccc4c(c3)sc3cc5ccccc5cc34)c3ccc4c5ccc6ccccc6c5n(-c5ccccc5)c4c3)cc3ccccc23)cc1. The Bertz CT molecular complexity index is 3520. The molecule has 0 atom stereocenters. The molecular formula is C54H34N2S. The number of hydrogen-bond donors (Lipinski definition) is 0. The van der Waals surface area contributed by atoms with Crippen molar-refractivity contribution >= 4 is 103 Å². The van der Waals surface area contributed by atoms with Gasteiger partial charge >= 0.3 is 0 Å². The van der Waals surface area contributed by atoms with Gasteiger partial charge in [-0.25, -0.2) is 0 Å². The predicted molar refractivity (Wildman–Crippen MR) is 246 cm³/mol. The Kier molecular flexibility index (Phi) is 7.13. The Morgan fingerprint density at radius 2 is 0.965 bits per heavy atom. The third-order valence-electron chi connectivity index (χ3n) is 11.7. The molecule has 0 aliphatic carbocycles. The van der Waals surface area contributed by atoms with Crippen molar-refractivity contribution in [1.29, 1.82) is 0 Å². The molecule has 0 bridgehead atoms. The molecular weight excluding hydrogens is 709 g/mol. The molecule has 0 spiro atoms. The summed E-state index contributed by atoms with van der Waals surface area (Å²) in [6.45, 7) is 0. The molecule has 0 radical (unpaired) electrons. The van der Waals surface area contributed by atoms with Crippen LogP contribution in [0, 0.1) is 0 Å². The molecule has 2 aromatic heterocycles. The third-order valence-corrected chi connectivity index (χ3v) is 12.8. The van der Waals surface area contributed by atoms with Gasteiger partial charge in [0.1, 0.15) is 0 Å². The summed E-state index contributed by atoms with van der Waals surface area (Å²) in [6, 6.07) is 75.9. The first-order valence-corrected chi connectivity index (χ1v) is 20.3. The standard InChI is InChI=1S/C54H34N2S/c1-3-13-35(14-4-1)49-32-43(29-39-18-10-11-21-44(39)49)55(42-25-28-47-50-30-37-16-7-8-17-38(37)31-52(50)57-53(47)34-42)41-24-27-46-48-26-23-36-15-9-12-22-45(36)54(48)56(51(46)33-41)40-19-5-2-6-20-40/h1-34H. The molecule has 12 aromatic rings. The first kappa shape index (κ1) is 32.1. The first-order valence-electron chi connectivity index (χ1n) is 19.5. The predicted octanol–water partition coefficient (Wildman–Crippen LogP) is 15.7. The van der Waals surface area contributed by atoms with Gasteiger partial charge in [0, 0.05) is 59.1 Å². The molecule has 0 saturated heterocycles. The number of nitrogens with zero attached hydrogens (tertiary/aromatic N) is 2. The Morgan fingerprint density at radius 1 is 0.351 bits per heavy atom. The zero-order valence-electron chi connectivity index (χ0n) is 30.9. The van der Waals surface area contributed by atoms with Gasteiger partial charge in [-0.15, -0.1) is 11.3 Å². The van der Waals surface area contributed by atoms with Gasteiger partial charge in [-0.3, -0.25) is 0 Å². The van der Waals surface area contributed by atoms with Gasteiger partial charge in [0.2, 0.25) is 0 Å². The van der Waals surface area contributed by atoms with Crippen molar-refractivity contribution in [3.8, 4) is 16.8 Å². The minimum Gasteiger partial charge on any atom is -0.310 e. The maximum atomic E-state index is 2.46. The minimum absolute atomic E-state index is 1.10. The summed E-state index contributed by atoms with van der Waals surface area (Å²) < 4.78 is 5.05. The highest BCUT2D eigenvalue weighted by Crippen LogP contribution is 2.46. The monoisotopic (exact) mass is 742 g/mol. The highest BCUT2D eigenvalue weighted by molar-refractivity contribution is 7.26. The van der Waals surface area contributed by atoms with Crippen molar-refractivity contribution in [1.82, 2.24) is 4.57 Å². The van der Waals surface area contributed by atoms with Crippen molar-refractivity contribution in [2.24, 2.45) is 0 Å². The second-order valence-electron chi connectivity index (χ2n) is 14.9. The summed E-state index contributed by atoms with van der Waals surface area (Å²) in [5.74, 6) is 0.